The van der Waals surface area contributed by atoms with Crippen LogP contribution in [0.5, 0.6) is 0 Å². The zero-order valence-electron chi connectivity index (χ0n) is 8.60. The summed E-state index contributed by atoms with van der Waals surface area (Å²) in [4.78, 5) is 10.8. The van der Waals surface area contributed by atoms with Gasteiger partial charge in [-0.3, -0.25) is 4.68 Å². The molecule has 0 bridgehead atoms. The van der Waals surface area contributed by atoms with E-state index in [-0.39, 0.29) is 12.2 Å². The summed E-state index contributed by atoms with van der Waals surface area (Å²) in [5, 5.41) is 13.0. The Morgan fingerprint density at radius 1 is 1.47 bits per heavy atom. The maximum atomic E-state index is 13.5. The van der Waals surface area contributed by atoms with Crippen molar-refractivity contribution in [3.63, 3.8) is 0 Å². The van der Waals surface area contributed by atoms with E-state index in [1.807, 2.05) is 0 Å². The van der Waals surface area contributed by atoms with Crippen LogP contribution in [-0.4, -0.2) is 20.9 Å². The fraction of sp³-hybridized carbons (Fsp3) is 0.0909. The van der Waals surface area contributed by atoms with Crippen LogP contribution in [0.1, 0.15) is 16.1 Å². The van der Waals surface area contributed by atoms with Gasteiger partial charge in [0, 0.05) is 16.8 Å². The largest absolute Gasteiger partial charge is 0.477 e. The zero-order valence-corrected chi connectivity index (χ0v) is 9.36. The SMILES string of the molecule is O=C(O)c1ccnn1Cc1ccc(Cl)cc1F. The Balaban J connectivity index is 2.31. The molecule has 0 atom stereocenters. The summed E-state index contributed by atoms with van der Waals surface area (Å²) >= 11 is 5.62. The molecule has 0 radical (unpaired) electrons. The van der Waals surface area contributed by atoms with Crippen molar-refractivity contribution < 1.29 is 14.3 Å². The van der Waals surface area contributed by atoms with Crippen LogP contribution >= 0.6 is 11.6 Å². The van der Waals surface area contributed by atoms with Crippen LogP contribution < -0.4 is 0 Å². The Hall–Kier alpha value is -1.88. The molecule has 0 saturated carbocycles. The first-order chi connectivity index (χ1) is 8.08. The number of aromatic carboxylic acids is 1. The molecule has 0 spiro atoms. The molecule has 4 nitrogen and oxygen atoms in total. The van der Waals surface area contributed by atoms with Crippen LogP contribution in [0.3, 0.4) is 0 Å². The van der Waals surface area contributed by atoms with Gasteiger partial charge < -0.3 is 5.11 Å². The quantitative estimate of drug-likeness (QED) is 0.915. The van der Waals surface area contributed by atoms with Crippen molar-refractivity contribution >= 4 is 17.6 Å². The molecule has 0 aliphatic rings. The third-order valence-electron chi connectivity index (χ3n) is 2.27. The minimum Gasteiger partial charge on any atom is -0.477 e. The Kier molecular flexibility index (Phi) is 3.10. The number of aromatic nitrogens is 2. The number of carboxylic acid groups (broad SMARTS) is 1. The second-order valence-corrected chi connectivity index (χ2v) is 3.85. The topological polar surface area (TPSA) is 55.1 Å². The molecule has 0 amide bonds. The minimum absolute atomic E-state index is 0.0133. The number of nitrogens with zero attached hydrogens (tertiary/aromatic N) is 2. The van der Waals surface area contributed by atoms with Crippen molar-refractivity contribution in [2.75, 3.05) is 0 Å². The standard InChI is InChI=1S/C11H8ClFN2O2/c12-8-2-1-7(9(13)5-8)6-15-10(11(16)17)3-4-14-15/h1-5H,6H2,(H,16,17). The fourth-order valence-corrected chi connectivity index (χ4v) is 1.61. The average Bonchev–Trinajstić information content (AvgIpc) is 2.70. The molecule has 1 aromatic carbocycles. The number of carboxylic acids is 1. The Labute approximate surface area is 101 Å². The number of carbonyl (C=O) groups is 1. The number of hydrogen-bond acceptors (Lipinski definition) is 2. The van der Waals surface area contributed by atoms with Gasteiger partial charge in [-0.25, -0.2) is 9.18 Å². The lowest BCUT2D eigenvalue weighted by Crippen LogP contribution is -2.11. The van der Waals surface area contributed by atoms with E-state index < -0.39 is 11.8 Å². The van der Waals surface area contributed by atoms with Gasteiger partial charge in [0.1, 0.15) is 11.5 Å². The Morgan fingerprint density at radius 2 is 2.24 bits per heavy atom. The fourth-order valence-electron chi connectivity index (χ4n) is 1.45. The van der Waals surface area contributed by atoms with Crippen molar-refractivity contribution in [2.45, 2.75) is 6.54 Å². The highest BCUT2D eigenvalue weighted by molar-refractivity contribution is 6.30. The first-order valence-electron chi connectivity index (χ1n) is 4.77. The highest BCUT2D eigenvalue weighted by Gasteiger charge is 2.12. The van der Waals surface area contributed by atoms with Crippen LogP contribution in [0.2, 0.25) is 5.02 Å². The van der Waals surface area contributed by atoms with Gasteiger partial charge in [-0.2, -0.15) is 5.10 Å². The van der Waals surface area contributed by atoms with Gasteiger partial charge in [0.05, 0.1) is 6.54 Å². The summed E-state index contributed by atoms with van der Waals surface area (Å²) in [6.45, 7) is 0.0532. The molecular formula is C11H8ClFN2O2. The van der Waals surface area contributed by atoms with Gasteiger partial charge >= 0.3 is 5.97 Å². The average molecular weight is 255 g/mol. The number of rotatable bonds is 3. The van der Waals surface area contributed by atoms with Crippen molar-refractivity contribution in [1.82, 2.24) is 9.78 Å². The summed E-state index contributed by atoms with van der Waals surface area (Å²) in [6, 6.07) is 5.59. The van der Waals surface area contributed by atoms with Gasteiger partial charge in [0.2, 0.25) is 0 Å². The van der Waals surface area contributed by atoms with E-state index in [0.717, 1.165) is 0 Å². The van der Waals surface area contributed by atoms with Crippen molar-refractivity contribution in [3.8, 4) is 0 Å². The molecule has 2 aromatic rings. The summed E-state index contributed by atoms with van der Waals surface area (Å²) in [7, 11) is 0. The first kappa shape index (κ1) is 11.6. The van der Waals surface area contributed by atoms with Crippen molar-refractivity contribution in [3.05, 3.63) is 52.6 Å². The molecule has 1 heterocycles. The summed E-state index contributed by atoms with van der Waals surface area (Å²) in [5.74, 6) is -1.58. The lowest BCUT2D eigenvalue weighted by molar-refractivity contribution is 0.0684. The van der Waals surface area contributed by atoms with Gasteiger partial charge in [-0.15, -0.1) is 0 Å². The van der Waals surface area contributed by atoms with Crippen LogP contribution in [0.15, 0.2) is 30.5 Å². The zero-order chi connectivity index (χ0) is 12.4. The van der Waals surface area contributed by atoms with E-state index in [1.165, 1.54) is 29.1 Å². The third kappa shape index (κ3) is 2.45. The molecule has 0 saturated heterocycles. The summed E-state index contributed by atoms with van der Waals surface area (Å²) < 4.78 is 14.7. The van der Waals surface area contributed by atoms with Gasteiger partial charge in [-0.05, 0) is 18.2 Å². The smallest absolute Gasteiger partial charge is 0.354 e. The minimum atomic E-state index is -1.10. The molecule has 0 unspecified atom stereocenters. The second-order valence-electron chi connectivity index (χ2n) is 3.41. The maximum absolute atomic E-state index is 13.5. The molecule has 1 aromatic heterocycles. The lowest BCUT2D eigenvalue weighted by atomic mass is 10.2. The molecule has 17 heavy (non-hydrogen) atoms. The molecular weight excluding hydrogens is 247 g/mol. The maximum Gasteiger partial charge on any atom is 0.354 e. The van der Waals surface area contributed by atoms with Crippen LogP contribution in [0.25, 0.3) is 0 Å². The summed E-state index contributed by atoms with van der Waals surface area (Å²) in [6.07, 6.45) is 1.36. The normalized spacial score (nSPS) is 10.5. The van der Waals surface area contributed by atoms with Crippen LogP contribution in [0.4, 0.5) is 4.39 Å². The Morgan fingerprint density at radius 3 is 2.88 bits per heavy atom. The number of benzene rings is 1. The number of hydrogen-bond donors (Lipinski definition) is 1. The van der Waals surface area contributed by atoms with Gasteiger partial charge in [0.15, 0.2) is 0 Å². The predicted octanol–water partition coefficient (Wildman–Crippen LogP) is 2.42. The van der Waals surface area contributed by atoms with E-state index in [4.69, 9.17) is 16.7 Å². The van der Waals surface area contributed by atoms with Crippen molar-refractivity contribution in [2.24, 2.45) is 0 Å². The van der Waals surface area contributed by atoms with Gasteiger partial charge in [-0.1, -0.05) is 17.7 Å². The molecule has 0 fully saturated rings. The summed E-state index contributed by atoms with van der Waals surface area (Å²) in [5.41, 5.74) is 0.347. The third-order valence-corrected chi connectivity index (χ3v) is 2.51. The highest BCUT2D eigenvalue weighted by atomic mass is 35.5. The van der Waals surface area contributed by atoms with Crippen molar-refractivity contribution in [1.29, 1.82) is 0 Å². The molecule has 2 rings (SSSR count). The second kappa shape index (κ2) is 4.55. The van der Waals surface area contributed by atoms with Crippen LogP contribution in [-0.2, 0) is 6.54 Å². The molecule has 6 heteroatoms. The van der Waals surface area contributed by atoms with Gasteiger partial charge in [0.25, 0.3) is 0 Å². The van der Waals surface area contributed by atoms with E-state index >= 15 is 0 Å². The van der Waals surface area contributed by atoms with E-state index in [9.17, 15) is 9.18 Å². The molecule has 0 aliphatic carbocycles. The van der Waals surface area contributed by atoms with E-state index in [2.05, 4.69) is 5.10 Å². The lowest BCUT2D eigenvalue weighted by Gasteiger charge is -2.06. The Bertz CT molecular complexity index is 568. The molecule has 88 valence electrons. The van der Waals surface area contributed by atoms with E-state index in [0.29, 0.717) is 10.6 Å². The molecule has 0 aliphatic heterocycles. The van der Waals surface area contributed by atoms with Crippen LogP contribution in [0, 0.1) is 5.82 Å². The monoisotopic (exact) mass is 254 g/mol. The van der Waals surface area contributed by atoms with E-state index in [1.54, 1.807) is 6.07 Å². The highest BCUT2D eigenvalue weighted by Crippen LogP contribution is 2.16. The first-order valence-corrected chi connectivity index (χ1v) is 5.15. The molecule has 1 N–H and O–H groups in total. The number of halogens is 2. The predicted molar refractivity (Wildman–Crippen MR) is 59.7 cm³/mol.